The van der Waals surface area contributed by atoms with Gasteiger partial charge in [0.1, 0.15) is 5.82 Å². The molecule has 21 heavy (non-hydrogen) atoms. The third-order valence-electron chi connectivity index (χ3n) is 2.69. The predicted octanol–water partition coefficient (Wildman–Crippen LogP) is 3.54. The van der Waals surface area contributed by atoms with Gasteiger partial charge in [0.15, 0.2) is 0 Å². The van der Waals surface area contributed by atoms with E-state index in [4.69, 9.17) is 22.7 Å². The minimum atomic E-state index is -4.47. The molecule has 0 saturated carbocycles. The predicted molar refractivity (Wildman–Crippen MR) is 77.8 cm³/mol. The molecule has 0 fully saturated rings. The van der Waals surface area contributed by atoms with E-state index in [1.54, 1.807) is 4.90 Å². The topological polar surface area (TPSA) is 66.0 Å². The summed E-state index contributed by atoms with van der Waals surface area (Å²) < 4.78 is 37.8. The van der Waals surface area contributed by atoms with Crippen LogP contribution in [0.5, 0.6) is 0 Å². The van der Waals surface area contributed by atoms with Gasteiger partial charge in [-0.2, -0.15) is 13.2 Å². The molecule has 1 rings (SSSR count). The molecule has 0 spiro atoms. The molecular formula is C13H18ClF3N4. The molecule has 1 aromatic rings. The van der Waals surface area contributed by atoms with Crippen LogP contribution in [0, 0.1) is 11.3 Å². The lowest BCUT2D eigenvalue weighted by atomic mass is 10.2. The summed E-state index contributed by atoms with van der Waals surface area (Å²) in [5.41, 5.74) is 4.44. The molecule has 0 saturated heterocycles. The molecule has 0 aromatic carbocycles. The number of rotatable bonds is 6. The summed E-state index contributed by atoms with van der Waals surface area (Å²) in [6.45, 7) is 4.88. The first-order chi connectivity index (χ1) is 9.61. The van der Waals surface area contributed by atoms with Crippen LogP contribution in [-0.2, 0) is 6.18 Å². The molecule has 8 heteroatoms. The van der Waals surface area contributed by atoms with Gasteiger partial charge in [-0.15, -0.1) is 0 Å². The first-order valence-corrected chi connectivity index (χ1v) is 6.79. The standard InChI is InChI=1S/C13H18ClF3N4/c1-8(2)7-21(4-3-11(18)19)12-10(14)5-9(6-20-12)13(15,16)17/h5-6,8H,3-4,7H2,1-2H3,(H3,18,19). The Hall–Kier alpha value is -1.50. The summed E-state index contributed by atoms with van der Waals surface area (Å²) in [7, 11) is 0. The minimum Gasteiger partial charge on any atom is -0.388 e. The van der Waals surface area contributed by atoms with E-state index in [1.807, 2.05) is 13.8 Å². The van der Waals surface area contributed by atoms with Crippen molar-refractivity contribution in [2.24, 2.45) is 11.7 Å². The molecule has 0 atom stereocenters. The van der Waals surface area contributed by atoms with Crippen molar-refractivity contribution in [3.8, 4) is 0 Å². The van der Waals surface area contributed by atoms with E-state index in [2.05, 4.69) is 4.98 Å². The maximum absolute atomic E-state index is 12.6. The summed E-state index contributed by atoms with van der Waals surface area (Å²) in [6.07, 6.45) is -3.41. The second-order valence-electron chi connectivity index (χ2n) is 5.14. The van der Waals surface area contributed by atoms with E-state index in [1.165, 1.54) is 0 Å². The Balaban J connectivity index is 3.04. The lowest BCUT2D eigenvalue weighted by Gasteiger charge is -2.26. The van der Waals surface area contributed by atoms with Crippen LogP contribution < -0.4 is 10.6 Å². The fraction of sp³-hybridized carbons (Fsp3) is 0.538. The Bertz CT molecular complexity index is 503. The van der Waals surface area contributed by atoms with Crippen molar-refractivity contribution in [3.63, 3.8) is 0 Å². The number of amidine groups is 1. The van der Waals surface area contributed by atoms with Gasteiger partial charge < -0.3 is 10.6 Å². The van der Waals surface area contributed by atoms with Crippen LogP contribution in [0.1, 0.15) is 25.8 Å². The van der Waals surface area contributed by atoms with Crippen molar-refractivity contribution in [1.82, 2.24) is 4.98 Å². The van der Waals surface area contributed by atoms with Crippen molar-refractivity contribution in [3.05, 3.63) is 22.8 Å². The minimum absolute atomic E-state index is 0.00629. The molecule has 0 aliphatic rings. The second-order valence-corrected chi connectivity index (χ2v) is 5.55. The zero-order chi connectivity index (χ0) is 16.2. The van der Waals surface area contributed by atoms with Crippen molar-refractivity contribution in [1.29, 1.82) is 5.41 Å². The molecule has 0 amide bonds. The molecular weight excluding hydrogens is 305 g/mol. The van der Waals surface area contributed by atoms with Gasteiger partial charge in [-0.1, -0.05) is 25.4 Å². The highest BCUT2D eigenvalue weighted by molar-refractivity contribution is 6.33. The molecule has 0 unspecified atom stereocenters. The van der Waals surface area contributed by atoms with E-state index in [-0.39, 0.29) is 22.6 Å². The molecule has 1 heterocycles. The molecule has 0 aliphatic carbocycles. The van der Waals surface area contributed by atoms with Crippen molar-refractivity contribution < 1.29 is 13.2 Å². The van der Waals surface area contributed by atoms with Gasteiger partial charge in [0.25, 0.3) is 0 Å². The van der Waals surface area contributed by atoms with Gasteiger partial charge in [0.05, 0.1) is 16.4 Å². The van der Waals surface area contributed by atoms with Crippen LogP contribution in [0.25, 0.3) is 0 Å². The highest BCUT2D eigenvalue weighted by atomic mass is 35.5. The largest absolute Gasteiger partial charge is 0.417 e. The molecule has 0 bridgehead atoms. The number of nitrogens with two attached hydrogens (primary N) is 1. The number of alkyl halides is 3. The fourth-order valence-corrected chi connectivity index (χ4v) is 2.08. The maximum Gasteiger partial charge on any atom is 0.417 e. The lowest BCUT2D eigenvalue weighted by Crippen LogP contribution is -2.32. The number of hydrogen-bond acceptors (Lipinski definition) is 3. The van der Waals surface area contributed by atoms with Crippen molar-refractivity contribution in [2.75, 3.05) is 18.0 Å². The number of aromatic nitrogens is 1. The summed E-state index contributed by atoms with van der Waals surface area (Å²) in [4.78, 5) is 5.58. The van der Waals surface area contributed by atoms with Crippen LogP contribution in [0.3, 0.4) is 0 Å². The monoisotopic (exact) mass is 322 g/mol. The normalized spacial score (nSPS) is 11.8. The van der Waals surface area contributed by atoms with Gasteiger partial charge in [-0.25, -0.2) is 4.98 Å². The Morgan fingerprint density at radius 2 is 2.10 bits per heavy atom. The molecule has 3 N–H and O–H groups in total. The van der Waals surface area contributed by atoms with Gasteiger partial charge in [-0.3, -0.25) is 5.41 Å². The highest BCUT2D eigenvalue weighted by Gasteiger charge is 2.32. The Kier molecular flexibility index (Phi) is 5.83. The summed E-state index contributed by atoms with van der Waals surface area (Å²) in [5.74, 6) is 0.545. The van der Waals surface area contributed by atoms with Gasteiger partial charge in [0.2, 0.25) is 0 Å². The quantitative estimate of drug-likeness (QED) is 0.622. The van der Waals surface area contributed by atoms with Crippen LogP contribution in [0.15, 0.2) is 12.3 Å². The summed E-state index contributed by atoms with van der Waals surface area (Å²) in [5, 5.41) is 7.19. The van der Waals surface area contributed by atoms with Crippen molar-refractivity contribution in [2.45, 2.75) is 26.4 Å². The number of nitrogens with one attached hydrogen (secondary N) is 1. The number of pyridine rings is 1. The lowest BCUT2D eigenvalue weighted by molar-refractivity contribution is -0.137. The Morgan fingerprint density at radius 1 is 1.48 bits per heavy atom. The number of nitrogens with zero attached hydrogens (tertiary/aromatic N) is 2. The summed E-state index contributed by atoms with van der Waals surface area (Å²) >= 11 is 5.94. The Labute approximate surface area is 126 Å². The highest BCUT2D eigenvalue weighted by Crippen LogP contribution is 2.33. The zero-order valence-corrected chi connectivity index (χ0v) is 12.6. The van der Waals surface area contributed by atoms with Crippen molar-refractivity contribution >= 4 is 23.3 Å². The maximum atomic E-state index is 12.6. The third kappa shape index (κ3) is 5.41. The molecule has 1 aromatic heterocycles. The van der Waals surface area contributed by atoms with Crippen LogP contribution in [0.2, 0.25) is 5.02 Å². The molecule has 0 radical (unpaired) electrons. The van der Waals surface area contributed by atoms with Gasteiger partial charge in [0, 0.05) is 25.7 Å². The zero-order valence-electron chi connectivity index (χ0n) is 11.8. The van der Waals surface area contributed by atoms with E-state index < -0.39 is 11.7 Å². The third-order valence-corrected chi connectivity index (χ3v) is 2.96. The number of halogens is 4. The molecule has 4 nitrogen and oxygen atoms in total. The van der Waals surface area contributed by atoms with Gasteiger partial charge in [-0.05, 0) is 12.0 Å². The second kappa shape index (κ2) is 6.98. The number of anilines is 1. The SMILES string of the molecule is CC(C)CN(CCC(=N)N)c1ncc(C(F)(F)F)cc1Cl. The first-order valence-electron chi connectivity index (χ1n) is 6.41. The van der Waals surface area contributed by atoms with Crippen LogP contribution in [0.4, 0.5) is 19.0 Å². The average molecular weight is 323 g/mol. The van der Waals surface area contributed by atoms with Gasteiger partial charge >= 0.3 is 6.18 Å². The van der Waals surface area contributed by atoms with E-state index in [0.717, 1.165) is 12.3 Å². The first kappa shape index (κ1) is 17.6. The number of hydrogen-bond donors (Lipinski definition) is 2. The van der Waals surface area contributed by atoms with Crippen LogP contribution >= 0.6 is 11.6 Å². The smallest absolute Gasteiger partial charge is 0.388 e. The fourth-order valence-electron chi connectivity index (χ4n) is 1.80. The van der Waals surface area contributed by atoms with Crippen LogP contribution in [-0.4, -0.2) is 23.9 Å². The Morgan fingerprint density at radius 3 is 2.52 bits per heavy atom. The average Bonchev–Trinajstić information content (AvgIpc) is 2.32. The summed E-state index contributed by atoms with van der Waals surface area (Å²) in [6, 6.07) is 0.866. The molecule has 0 aliphatic heterocycles. The van der Waals surface area contributed by atoms with E-state index >= 15 is 0 Å². The van der Waals surface area contributed by atoms with E-state index in [0.29, 0.717) is 19.5 Å². The molecule has 118 valence electrons. The van der Waals surface area contributed by atoms with E-state index in [9.17, 15) is 13.2 Å².